The summed E-state index contributed by atoms with van der Waals surface area (Å²) in [7, 11) is 0. The molecule has 0 aliphatic carbocycles. The Hall–Kier alpha value is -2.67. The number of aromatic nitrogens is 3. The van der Waals surface area contributed by atoms with Gasteiger partial charge in [-0.1, -0.05) is 17.7 Å². The molecule has 1 aromatic carbocycles. The molecule has 3 aromatic rings. The van der Waals surface area contributed by atoms with Gasteiger partial charge >= 0.3 is 0 Å². The van der Waals surface area contributed by atoms with Crippen molar-refractivity contribution in [3.05, 3.63) is 63.6 Å². The molecule has 2 heterocycles. The number of hydrogen-bond donors (Lipinski definition) is 1. The standard InChI is InChI=1S/C14H12ClN5O2/c1-9(14-18-17-13-4-2-3-7-19(13)14)16-12-6-5-10(20(21)22)8-11(12)15/h2-9,16H,1H3. The van der Waals surface area contributed by atoms with Crippen molar-refractivity contribution < 1.29 is 4.92 Å². The maximum absolute atomic E-state index is 10.7. The van der Waals surface area contributed by atoms with E-state index in [4.69, 9.17) is 11.6 Å². The summed E-state index contributed by atoms with van der Waals surface area (Å²) in [5.74, 6) is 0.727. The van der Waals surface area contributed by atoms with Crippen molar-refractivity contribution in [3.63, 3.8) is 0 Å². The highest BCUT2D eigenvalue weighted by atomic mass is 35.5. The molecule has 22 heavy (non-hydrogen) atoms. The summed E-state index contributed by atoms with van der Waals surface area (Å²) in [5, 5.41) is 22.5. The molecule has 1 N–H and O–H groups in total. The number of anilines is 1. The van der Waals surface area contributed by atoms with Gasteiger partial charge in [-0.15, -0.1) is 10.2 Å². The third-order valence-corrected chi connectivity index (χ3v) is 3.58. The van der Waals surface area contributed by atoms with Crippen LogP contribution >= 0.6 is 11.6 Å². The Kier molecular flexibility index (Phi) is 3.64. The number of rotatable bonds is 4. The van der Waals surface area contributed by atoms with Gasteiger partial charge in [-0.05, 0) is 25.1 Å². The molecule has 0 aliphatic heterocycles. The van der Waals surface area contributed by atoms with Gasteiger partial charge in [0.05, 0.1) is 21.7 Å². The number of fused-ring (bicyclic) bond motifs is 1. The Morgan fingerprint density at radius 3 is 2.86 bits per heavy atom. The fourth-order valence-corrected chi connectivity index (χ4v) is 2.42. The third kappa shape index (κ3) is 2.58. The van der Waals surface area contributed by atoms with E-state index < -0.39 is 4.92 Å². The summed E-state index contributed by atoms with van der Waals surface area (Å²) in [4.78, 5) is 10.2. The number of pyridine rings is 1. The first-order valence-electron chi connectivity index (χ1n) is 6.56. The van der Waals surface area contributed by atoms with E-state index in [1.165, 1.54) is 12.1 Å². The maximum Gasteiger partial charge on any atom is 0.271 e. The Morgan fingerprint density at radius 1 is 1.32 bits per heavy atom. The van der Waals surface area contributed by atoms with Crippen LogP contribution < -0.4 is 5.32 Å². The quantitative estimate of drug-likeness (QED) is 0.588. The second kappa shape index (κ2) is 5.61. The molecule has 1 atom stereocenters. The number of halogens is 1. The van der Waals surface area contributed by atoms with Gasteiger partial charge in [0.15, 0.2) is 11.5 Å². The molecule has 1 unspecified atom stereocenters. The Morgan fingerprint density at radius 2 is 2.14 bits per heavy atom. The van der Waals surface area contributed by atoms with Gasteiger partial charge in [0, 0.05) is 18.3 Å². The van der Waals surface area contributed by atoms with Crippen LogP contribution in [0.25, 0.3) is 5.65 Å². The van der Waals surface area contributed by atoms with Gasteiger partial charge in [-0.25, -0.2) is 0 Å². The molecule has 0 saturated heterocycles. The van der Waals surface area contributed by atoms with Crippen molar-refractivity contribution in [1.82, 2.24) is 14.6 Å². The molecule has 0 aliphatic rings. The number of nitrogens with zero attached hydrogens (tertiary/aromatic N) is 4. The van der Waals surface area contributed by atoms with Gasteiger partial charge < -0.3 is 5.32 Å². The Balaban J connectivity index is 1.88. The minimum Gasteiger partial charge on any atom is -0.374 e. The predicted octanol–water partition coefficient (Wildman–Crippen LogP) is 3.46. The van der Waals surface area contributed by atoms with Gasteiger partial charge in [-0.2, -0.15) is 0 Å². The van der Waals surface area contributed by atoms with E-state index in [2.05, 4.69) is 15.5 Å². The molecule has 112 valence electrons. The lowest BCUT2D eigenvalue weighted by Gasteiger charge is -2.14. The molecule has 3 rings (SSSR count). The normalized spacial score (nSPS) is 12.3. The van der Waals surface area contributed by atoms with E-state index in [1.54, 1.807) is 6.07 Å². The highest BCUT2D eigenvalue weighted by Gasteiger charge is 2.16. The van der Waals surface area contributed by atoms with Crippen molar-refractivity contribution in [2.45, 2.75) is 13.0 Å². The third-order valence-electron chi connectivity index (χ3n) is 3.26. The highest BCUT2D eigenvalue weighted by Crippen LogP contribution is 2.29. The monoisotopic (exact) mass is 317 g/mol. The molecule has 8 heteroatoms. The topological polar surface area (TPSA) is 85.4 Å². The van der Waals surface area contributed by atoms with E-state index in [0.717, 1.165) is 11.5 Å². The lowest BCUT2D eigenvalue weighted by Crippen LogP contribution is -2.11. The van der Waals surface area contributed by atoms with Crippen molar-refractivity contribution >= 4 is 28.6 Å². The van der Waals surface area contributed by atoms with Crippen LogP contribution in [0.15, 0.2) is 42.6 Å². The van der Waals surface area contributed by atoms with E-state index >= 15 is 0 Å². The number of nitro benzene ring substituents is 1. The van der Waals surface area contributed by atoms with Crippen molar-refractivity contribution in [2.75, 3.05) is 5.32 Å². The van der Waals surface area contributed by atoms with Crippen molar-refractivity contribution in [2.24, 2.45) is 0 Å². The van der Waals surface area contributed by atoms with Crippen LogP contribution in [0.5, 0.6) is 0 Å². The Labute approximate surface area is 130 Å². The van der Waals surface area contributed by atoms with Crippen LogP contribution in [0.2, 0.25) is 5.02 Å². The van der Waals surface area contributed by atoms with Gasteiger partial charge in [0.2, 0.25) is 0 Å². The predicted molar refractivity (Wildman–Crippen MR) is 83.1 cm³/mol. The molecule has 7 nitrogen and oxygen atoms in total. The second-order valence-electron chi connectivity index (χ2n) is 4.77. The first kappa shape index (κ1) is 14.3. The van der Waals surface area contributed by atoms with E-state index in [0.29, 0.717) is 5.69 Å². The first-order chi connectivity index (χ1) is 10.6. The largest absolute Gasteiger partial charge is 0.374 e. The average molecular weight is 318 g/mol. The van der Waals surface area contributed by atoms with Gasteiger partial charge in [0.1, 0.15) is 0 Å². The van der Waals surface area contributed by atoms with Crippen LogP contribution in [-0.2, 0) is 0 Å². The molecular weight excluding hydrogens is 306 g/mol. The van der Waals surface area contributed by atoms with E-state index in [-0.39, 0.29) is 16.8 Å². The maximum atomic E-state index is 10.7. The van der Waals surface area contributed by atoms with Crippen LogP contribution in [0.3, 0.4) is 0 Å². The summed E-state index contributed by atoms with van der Waals surface area (Å²) in [5.41, 5.74) is 1.31. The van der Waals surface area contributed by atoms with Crippen LogP contribution in [0.1, 0.15) is 18.8 Å². The molecule has 0 bridgehead atoms. The van der Waals surface area contributed by atoms with Crippen LogP contribution in [0, 0.1) is 10.1 Å². The fourth-order valence-electron chi connectivity index (χ4n) is 2.19. The molecule has 0 amide bonds. The van der Waals surface area contributed by atoms with E-state index in [1.807, 2.05) is 35.7 Å². The van der Waals surface area contributed by atoms with Crippen molar-refractivity contribution in [3.8, 4) is 0 Å². The number of nitro groups is 1. The smallest absolute Gasteiger partial charge is 0.271 e. The Bertz CT molecular complexity index is 848. The summed E-state index contributed by atoms with van der Waals surface area (Å²) >= 11 is 6.09. The lowest BCUT2D eigenvalue weighted by atomic mass is 10.2. The molecule has 0 radical (unpaired) electrons. The van der Waals surface area contributed by atoms with E-state index in [9.17, 15) is 10.1 Å². The zero-order chi connectivity index (χ0) is 15.7. The molecule has 2 aromatic heterocycles. The number of nitrogens with one attached hydrogen (secondary N) is 1. The summed E-state index contributed by atoms with van der Waals surface area (Å²) < 4.78 is 1.87. The van der Waals surface area contributed by atoms with Crippen molar-refractivity contribution in [1.29, 1.82) is 0 Å². The first-order valence-corrected chi connectivity index (χ1v) is 6.94. The summed E-state index contributed by atoms with van der Waals surface area (Å²) in [6.07, 6.45) is 1.88. The zero-order valence-electron chi connectivity index (χ0n) is 11.6. The highest BCUT2D eigenvalue weighted by molar-refractivity contribution is 6.33. The lowest BCUT2D eigenvalue weighted by molar-refractivity contribution is -0.384. The average Bonchev–Trinajstić information content (AvgIpc) is 2.93. The minimum absolute atomic E-state index is 0.0452. The van der Waals surface area contributed by atoms with Gasteiger partial charge in [-0.3, -0.25) is 14.5 Å². The molecular formula is C14H12ClN5O2. The van der Waals surface area contributed by atoms with Crippen LogP contribution in [-0.4, -0.2) is 19.5 Å². The summed E-state index contributed by atoms with van der Waals surface area (Å²) in [6.45, 7) is 1.92. The molecule has 0 saturated carbocycles. The molecule has 0 spiro atoms. The number of non-ortho nitro benzene ring substituents is 1. The van der Waals surface area contributed by atoms with Crippen LogP contribution in [0.4, 0.5) is 11.4 Å². The number of benzene rings is 1. The SMILES string of the molecule is CC(Nc1ccc([N+](=O)[O-])cc1Cl)c1nnc2ccccn12. The van der Waals surface area contributed by atoms with Gasteiger partial charge in [0.25, 0.3) is 5.69 Å². The zero-order valence-corrected chi connectivity index (χ0v) is 12.4. The minimum atomic E-state index is -0.481. The summed E-state index contributed by atoms with van der Waals surface area (Å²) in [6, 6.07) is 9.78. The molecule has 0 fully saturated rings. The fraction of sp³-hybridized carbons (Fsp3) is 0.143. The number of hydrogen-bond acceptors (Lipinski definition) is 5. The second-order valence-corrected chi connectivity index (χ2v) is 5.18.